The molecule has 1 fully saturated rings. The average Bonchev–Trinajstić information content (AvgIpc) is 3.21. The van der Waals surface area contributed by atoms with Crippen LogP contribution in [0.4, 0.5) is 8.78 Å². The van der Waals surface area contributed by atoms with Crippen molar-refractivity contribution in [1.82, 2.24) is 10.2 Å². The van der Waals surface area contributed by atoms with Crippen LogP contribution in [-0.2, 0) is 9.59 Å². The summed E-state index contributed by atoms with van der Waals surface area (Å²) in [6.45, 7) is 4.96. The van der Waals surface area contributed by atoms with Gasteiger partial charge in [0.25, 0.3) is 0 Å². The number of aliphatic hydroxyl groups excluding tert-OH is 1. The molecule has 2 unspecified atom stereocenters. The number of benzene rings is 1. The predicted octanol–water partition coefficient (Wildman–Crippen LogP) is 3.20. The van der Waals surface area contributed by atoms with Gasteiger partial charge in [-0.05, 0) is 37.0 Å². The maximum absolute atomic E-state index is 14.0. The largest absolute Gasteiger partial charge is 0.394 e. The number of likely N-dealkylation sites (tertiary alicyclic amines) is 1. The van der Waals surface area contributed by atoms with Gasteiger partial charge >= 0.3 is 0 Å². The first-order valence-electron chi connectivity index (χ1n) is 9.03. The Bertz CT molecular complexity index is 787. The average molecular weight is 390 g/mol. The monoisotopic (exact) mass is 390 g/mol. The maximum Gasteiger partial charge on any atom is 0.243 e. The third-order valence-electron chi connectivity index (χ3n) is 4.74. The number of nitrogens with one attached hydrogen (secondary N) is 1. The minimum absolute atomic E-state index is 0.207. The van der Waals surface area contributed by atoms with Crippen molar-refractivity contribution in [2.75, 3.05) is 13.2 Å². The first-order chi connectivity index (χ1) is 13.5. The summed E-state index contributed by atoms with van der Waals surface area (Å²) in [4.78, 5) is 24.9. The van der Waals surface area contributed by atoms with Crippen molar-refractivity contribution in [1.29, 1.82) is 0 Å². The first-order valence-corrected chi connectivity index (χ1v) is 9.03. The minimum atomic E-state index is -0.787. The molecule has 1 aromatic rings. The van der Waals surface area contributed by atoms with E-state index in [0.717, 1.165) is 18.6 Å². The van der Waals surface area contributed by atoms with E-state index in [1.165, 1.54) is 24.0 Å². The number of rotatable bonds is 8. The zero-order valence-electron chi connectivity index (χ0n) is 15.7. The number of carbonyl (C=O) groups excluding carboxylic acids is 2. The Balaban J connectivity index is 2.21. The Kier molecular flexibility index (Phi) is 7.63. The first kappa shape index (κ1) is 21.5. The molecule has 2 N–H and O–H groups in total. The summed E-state index contributed by atoms with van der Waals surface area (Å²) in [6, 6.07) is 4.95. The summed E-state index contributed by atoms with van der Waals surface area (Å²) in [5.41, 5.74) is 0.679. The molecular weight excluding hydrogens is 366 g/mol. The van der Waals surface area contributed by atoms with Gasteiger partial charge < -0.3 is 15.3 Å². The third kappa shape index (κ3) is 4.72. The number of carbonyl (C=O) groups is 2. The number of amides is 2. The molecule has 2 atom stereocenters. The lowest BCUT2D eigenvalue weighted by Crippen LogP contribution is -2.44. The summed E-state index contributed by atoms with van der Waals surface area (Å²) in [5, 5.41) is 12.4. The molecule has 0 bridgehead atoms. The fourth-order valence-corrected chi connectivity index (χ4v) is 3.22. The quantitative estimate of drug-likeness (QED) is 0.529. The summed E-state index contributed by atoms with van der Waals surface area (Å²) < 4.78 is 28.1. The van der Waals surface area contributed by atoms with Crippen molar-refractivity contribution in [3.63, 3.8) is 0 Å². The van der Waals surface area contributed by atoms with Crippen molar-refractivity contribution < 1.29 is 23.5 Å². The molecule has 0 spiro atoms. The highest BCUT2D eigenvalue weighted by atomic mass is 19.1. The number of nitrogens with zero attached hydrogens (tertiary/aromatic N) is 1. The van der Waals surface area contributed by atoms with E-state index in [1.54, 1.807) is 12.1 Å². The van der Waals surface area contributed by atoms with Gasteiger partial charge in [-0.1, -0.05) is 36.9 Å². The molecule has 1 aliphatic heterocycles. The van der Waals surface area contributed by atoms with Gasteiger partial charge in [-0.3, -0.25) is 9.59 Å². The van der Waals surface area contributed by atoms with Crippen LogP contribution in [-0.4, -0.2) is 41.5 Å². The molecule has 2 amide bonds. The lowest BCUT2D eigenvalue weighted by atomic mass is 9.99. The Labute approximate surface area is 163 Å². The lowest BCUT2D eigenvalue weighted by Gasteiger charge is -2.23. The van der Waals surface area contributed by atoms with Gasteiger partial charge in [0, 0.05) is 6.54 Å². The van der Waals surface area contributed by atoms with E-state index in [0.29, 0.717) is 30.5 Å². The molecule has 5 nitrogen and oxygen atoms in total. The van der Waals surface area contributed by atoms with Gasteiger partial charge in [0.1, 0.15) is 17.7 Å². The van der Waals surface area contributed by atoms with Crippen molar-refractivity contribution in [2.45, 2.75) is 31.8 Å². The molecule has 0 aromatic heterocycles. The second-order valence-corrected chi connectivity index (χ2v) is 6.43. The molecule has 28 heavy (non-hydrogen) atoms. The smallest absolute Gasteiger partial charge is 0.243 e. The van der Waals surface area contributed by atoms with Gasteiger partial charge in [0.2, 0.25) is 12.3 Å². The molecular formula is C21H24F2N2O3. The topological polar surface area (TPSA) is 69.6 Å². The standard InChI is InChI=1S/C21H24F2N2O3/c1-3-16(22)20(17(23)4-2)15-9-7-14(8-10-15)18(12-26)24-21(28)19-6-5-11-25(19)13-27/h3-4,7-10,13,18-19,26H,1,5-6,11-12H2,2H3,(H,24,28)/b17-4+,20-16+. The fraction of sp³-hybridized carbons (Fsp3) is 0.333. The molecule has 1 aromatic carbocycles. The number of hydrogen-bond donors (Lipinski definition) is 2. The fourth-order valence-electron chi connectivity index (χ4n) is 3.22. The van der Waals surface area contributed by atoms with Crippen LogP contribution in [0.25, 0.3) is 5.57 Å². The van der Waals surface area contributed by atoms with Crippen LogP contribution in [0, 0.1) is 0 Å². The Morgan fingerprint density at radius 3 is 2.61 bits per heavy atom. The van der Waals surface area contributed by atoms with E-state index in [9.17, 15) is 23.5 Å². The number of hydrogen-bond acceptors (Lipinski definition) is 3. The lowest BCUT2D eigenvalue weighted by molar-refractivity contribution is -0.131. The van der Waals surface area contributed by atoms with Crippen LogP contribution in [0.5, 0.6) is 0 Å². The predicted molar refractivity (Wildman–Crippen MR) is 103 cm³/mol. The molecule has 2 rings (SSSR count). The maximum atomic E-state index is 14.0. The van der Waals surface area contributed by atoms with E-state index in [2.05, 4.69) is 11.9 Å². The van der Waals surface area contributed by atoms with Crippen molar-refractivity contribution >= 4 is 17.9 Å². The molecule has 150 valence electrons. The second kappa shape index (κ2) is 9.94. The van der Waals surface area contributed by atoms with Crippen LogP contribution < -0.4 is 5.32 Å². The number of allylic oxidation sites excluding steroid dienone is 5. The normalized spacial score (nSPS) is 19.1. The van der Waals surface area contributed by atoms with Gasteiger partial charge in [-0.15, -0.1) is 0 Å². The number of aliphatic hydroxyl groups is 1. The molecule has 0 saturated carbocycles. The van der Waals surface area contributed by atoms with Crippen LogP contribution in [0.1, 0.15) is 36.9 Å². The zero-order chi connectivity index (χ0) is 20.7. The minimum Gasteiger partial charge on any atom is -0.394 e. The van der Waals surface area contributed by atoms with Gasteiger partial charge in [0.05, 0.1) is 18.2 Å². The van der Waals surface area contributed by atoms with E-state index in [4.69, 9.17) is 0 Å². The van der Waals surface area contributed by atoms with Crippen LogP contribution in [0.15, 0.2) is 54.7 Å². The SMILES string of the molecule is C=C/C(F)=C(\C(F)=C/C)c1ccc(C(CO)NC(=O)C2CCCN2C=O)cc1. The third-order valence-corrected chi connectivity index (χ3v) is 4.74. The van der Waals surface area contributed by atoms with E-state index < -0.39 is 23.7 Å². The van der Waals surface area contributed by atoms with Crippen molar-refractivity contribution in [2.24, 2.45) is 0 Å². The van der Waals surface area contributed by atoms with Gasteiger partial charge in [0.15, 0.2) is 0 Å². The molecule has 0 aliphatic carbocycles. The van der Waals surface area contributed by atoms with E-state index in [-0.39, 0.29) is 18.1 Å². The van der Waals surface area contributed by atoms with Crippen LogP contribution >= 0.6 is 0 Å². The molecule has 1 aliphatic rings. The van der Waals surface area contributed by atoms with Crippen molar-refractivity contribution in [3.8, 4) is 0 Å². The van der Waals surface area contributed by atoms with Crippen molar-refractivity contribution in [3.05, 3.63) is 65.8 Å². The van der Waals surface area contributed by atoms with E-state index in [1.807, 2.05) is 0 Å². The van der Waals surface area contributed by atoms with Gasteiger partial charge in [-0.2, -0.15) is 0 Å². The number of halogens is 2. The molecule has 0 radical (unpaired) electrons. The summed E-state index contributed by atoms with van der Waals surface area (Å²) in [7, 11) is 0. The summed E-state index contributed by atoms with van der Waals surface area (Å²) in [6.07, 6.45) is 4.06. The highest BCUT2D eigenvalue weighted by Gasteiger charge is 2.31. The second-order valence-electron chi connectivity index (χ2n) is 6.43. The van der Waals surface area contributed by atoms with Gasteiger partial charge in [-0.25, -0.2) is 8.78 Å². The van der Waals surface area contributed by atoms with E-state index >= 15 is 0 Å². The molecule has 7 heteroatoms. The Morgan fingerprint density at radius 1 is 1.39 bits per heavy atom. The molecule has 1 saturated heterocycles. The summed E-state index contributed by atoms with van der Waals surface area (Å²) in [5.74, 6) is -1.84. The molecule has 1 heterocycles. The summed E-state index contributed by atoms with van der Waals surface area (Å²) >= 11 is 0. The van der Waals surface area contributed by atoms with Crippen LogP contribution in [0.2, 0.25) is 0 Å². The Morgan fingerprint density at radius 2 is 2.07 bits per heavy atom. The van der Waals surface area contributed by atoms with Crippen LogP contribution in [0.3, 0.4) is 0 Å². The Hall–Kier alpha value is -2.80. The highest BCUT2D eigenvalue weighted by molar-refractivity contribution is 5.84. The zero-order valence-corrected chi connectivity index (χ0v) is 15.7. The highest BCUT2D eigenvalue weighted by Crippen LogP contribution is 2.30.